The van der Waals surface area contributed by atoms with Crippen LogP contribution in [-0.4, -0.2) is 32.5 Å². The van der Waals surface area contributed by atoms with E-state index in [1.807, 2.05) is 6.07 Å². The van der Waals surface area contributed by atoms with Crippen LogP contribution in [0.5, 0.6) is 0 Å². The maximum absolute atomic E-state index is 12.7. The van der Waals surface area contributed by atoms with Gasteiger partial charge in [0.1, 0.15) is 0 Å². The van der Waals surface area contributed by atoms with Crippen molar-refractivity contribution in [2.45, 2.75) is 27.2 Å². The molecule has 0 fully saturated rings. The Bertz CT molecular complexity index is 510. The number of amides is 1. The summed E-state index contributed by atoms with van der Waals surface area (Å²) in [6.45, 7) is 6.71. The van der Waals surface area contributed by atoms with Crippen LogP contribution in [0, 0.1) is 0 Å². The maximum atomic E-state index is 12.7. The molecule has 0 atom stereocenters. The number of hydrogen-bond acceptors (Lipinski definition) is 5. The van der Waals surface area contributed by atoms with E-state index < -0.39 is 13.7 Å². The molecule has 0 unspecified atom stereocenters. The zero-order chi connectivity index (χ0) is 16.4. The van der Waals surface area contributed by atoms with E-state index in [9.17, 15) is 9.36 Å². The molecular formula is C15H24NO5P. The van der Waals surface area contributed by atoms with Gasteiger partial charge in [-0.05, 0) is 44.9 Å². The highest BCUT2D eigenvalue weighted by atomic mass is 31.2. The number of rotatable bonds is 9. The summed E-state index contributed by atoms with van der Waals surface area (Å²) in [4.78, 5) is 11.2. The van der Waals surface area contributed by atoms with E-state index in [1.54, 1.807) is 39.0 Å². The van der Waals surface area contributed by atoms with Crippen molar-refractivity contribution in [3.8, 4) is 0 Å². The lowest BCUT2D eigenvalue weighted by Crippen LogP contribution is -2.26. The molecule has 1 rings (SSSR count). The highest BCUT2D eigenvalue weighted by Crippen LogP contribution is 2.46. The molecule has 0 aliphatic carbocycles. The van der Waals surface area contributed by atoms with Crippen molar-refractivity contribution >= 4 is 19.0 Å². The van der Waals surface area contributed by atoms with Gasteiger partial charge in [-0.2, -0.15) is 0 Å². The van der Waals surface area contributed by atoms with E-state index in [4.69, 9.17) is 13.8 Å². The van der Waals surface area contributed by atoms with Crippen LogP contribution >= 0.6 is 7.60 Å². The molecule has 0 radical (unpaired) electrons. The highest BCUT2D eigenvalue weighted by Gasteiger charge is 2.26. The minimum atomic E-state index is -3.27. The molecule has 0 saturated heterocycles. The molecule has 0 aliphatic rings. The Balaban J connectivity index is 2.72. The lowest BCUT2D eigenvalue weighted by atomic mass is 10.1. The van der Waals surface area contributed by atoms with Crippen LogP contribution in [-0.2, 0) is 24.8 Å². The lowest BCUT2D eigenvalue weighted by molar-refractivity contribution is 0.152. The standard InChI is InChI=1S/C15H24NO5P/c1-4-19-15(17)16-11-10-13-8-7-9-14(12-13)22(18,20-5-2)21-6-3/h7-9,12H,4-6,10-11H2,1-3H3,(H,16,17). The van der Waals surface area contributed by atoms with E-state index in [0.717, 1.165) is 5.56 Å². The predicted molar refractivity (Wildman–Crippen MR) is 85.7 cm³/mol. The number of benzene rings is 1. The normalized spacial score (nSPS) is 11.2. The van der Waals surface area contributed by atoms with Crippen molar-refractivity contribution in [3.63, 3.8) is 0 Å². The molecule has 1 N–H and O–H groups in total. The Morgan fingerprint density at radius 2 is 1.82 bits per heavy atom. The fourth-order valence-corrected chi connectivity index (χ4v) is 3.54. The summed E-state index contributed by atoms with van der Waals surface area (Å²) < 4.78 is 28.1. The highest BCUT2D eigenvalue weighted by molar-refractivity contribution is 7.62. The van der Waals surface area contributed by atoms with Crippen LogP contribution < -0.4 is 10.6 Å². The first-order valence-corrected chi connectivity index (χ1v) is 8.99. The van der Waals surface area contributed by atoms with Crippen molar-refractivity contribution in [1.82, 2.24) is 5.32 Å². The van der Waals surface area contributed by atoms with Gasteiger partial charge in [0, 0.05) is 6.54 Å². The van der Waals surface area contributed by atoms with Gasteiger partial charge in [0.2, 0.25) is 0 Å². The first-order chi connectivity index (χ1) is 10.6. The van der Waals surface area contributed by atoms with Crippen molar-refractivity contribution in [2.24, 2.45) is 0 Å². The number of carbonyl (C=O) groups is 1. The largest absolute Gasteiger partial charge is 0.450 e. The van der Waals surface area contributed by atoms with Crippen LogP contribution in [0.1, 0.15) is 26.3 Å². The molecule has 1 aromatic carbocycles. The van der Waals surface area contributed by atoms with Gasteiger partial charge < -0.3 is 19.1 Å². The minimum absolute atomic E-state index is 0.311. The SMILES string of the molecule is CCOC(=O)NCCc1cccc(P(=O)(OCC)OCC)c1. The Kier molecular flexibility index (Phi) is 8.17. The molecule has 124 valence electrons. The second kappa shape index (κ2) is 9.62. The molecule has 6 nitrogen and oxygen atoms in total. The van der Waals surface area contributed by atoms with Gasteiger partial charge in [-0.3, -0.25) is 4.57 Å². The zero-order valence-corrected chi connectivity index (χ0v) is 14.2. The summed E-state index contributed by atoms with van der Waals surface area (Å²) in [6, 6.07) is 7.23. The second-order valence-corrected chi connectivity index (χ2v) is 6.43. The molecule has 0 heterocycles. The van der Waals surface area contributed by atoms with Crippen LogP contribution in [0.25, 0.3) is 0 Å². The average molecular weight is 329 g/mol. The van der Waals surface area contributed by atoms with Crippen LogP contribution in [0.4, 0.5) is 4.79 Å². The first kappa shape index (κ1) is 18.7. The molecule has 0 aliphatic heterocycles. The van der Waals surface area contributed by atoms with Crippen molar-refractivity contribution in [2.75, 3.05) is 26.4 Å². The fourth-order valence-electron chi connectivity index (χ4n) is 1.90. The Hall–Kier alpha value is -1.36. The van der Waals surface area contributed by atoms with E-state index in [1.165, 1.54) is 0 Å². The van der Waals surface area contributed by atoms with Crippen molar-refractivity contribution in [3.05, 3.63) is 29.8 Å². The van der Waals surface area contributed by atoms with Crippen molar-refractivity contribution in [1.29, 1.82) is 0 Å². The fraction of sp³-hybridized carbons (Fsp3) is 0.533. The molecule has 0 bridgehead atoms. The monoisotopic (exact) mass is 329 g/mol. The predicted octanol–water partition coefficient (Wildman–Crippen LogP) is 2.87. The van der Waals surface area contributed by atoms with E-state index in [-0.39, 0.29) is 0 Å². The number of hydrogen-bond donors (Lipinski definition) is 1. The van der Waals surface area contributed by atoms with Crippen LogP contribution in [0.2, 0.25) is 0 Å². The second-order valence-electron chi connectivity index (χ2n) is 4.40. The minimum Gasteiger partial charge on any atom is -0.450 e. The molecular weight excluding hydrogens is 305 g/mol. The zero-order valence-electron chi connectivity index (χ0n) is 13.3. The van der Waals surface area contributed by atoms with Gasteiger partial charge in [0.25, 0.3) is 0 Å². The Labute approximate surface area is 131 Å². The molecule has 22 heavy (non-hydrogen) atoms. The molecule has 0 saturated carbocycles. The number of nitrogens with one attached hydrogen (secondary N) is 1. The topological polar surface area (TPSA) is 73.9 Å². The third kappa shape index (κ3) is 5.79. The molecule has 1 aromatic rings. The molecule has 0 aromatic heterocycles. The van der Waals surface area contributed by atoms with Crippen molar-refractivity contribution < 1.29 is 23.1 Å². The molecule has 7 heteroatoms. The summed E-state index contributed by atoms with van der Waals surface area (Å²) in [5.41, 5.74) is 0.939. The Morgan fingerprint density at radius 1 is 1.14 bits per heavy atom. The molecule has 1 amide bonds. The molecule has 0 spiro atoms. The van der Waals surface area contributed by atoms with E-state index >= 15 is 0 Å². The van der Waals surface area contributed by atoms with Gasteiger partial charge in [-0.15, -0.1) is 0 Å². The number of alkyl carbamates (subject to hydrolysis) is 1. The number of carbonyl (C=O) groups excluding carboxylic acids is 1. The Morgan fingerprint density at radius 3 is 2.41 bits per heavy atom. The van der Waals surface area contributed by atoms with Gasteiger partial charge in [0.15, 0.2) is 0 Å². The summed E-state index contributed by atoms with van der Waals surface area (Å²) in [5, 5.41) is 3.18. The van der Waals surface area contributed by atoms with Gasteiger partial charge >= 0.3 is 13.7 Å². The third-order valence-corrected chi connectivity index (χ3v) is 4.89. The van der Waals surface area contributed by atoms with Gasteiger partial charge in [-0.1, -0.05) is 12.1 Å². The third-order valence-electron chi connectivity index (χ3n) is 2.78. The lowest BCUT2D eigenvalue weighted by Gasteiger charge is -2.17. The summed E-state index contributed by atoms with van der Waals surface area (Å²) >= 11 is 0. The average Bonchev–Trinajstić information content (AvgIpc) is 2.48. The van der Waals surface area contributed by atoms with Gasteiger partial charge in [0.05, 0.1) is 25.1 Å². The van der Waals surface area contributed by atoms with Crippen LogP contribution in [0.3, 0.4) is 0 Å². The first-order valence-electron chi connectivity index (χ1n) is 7.45. The summed E-state index contributed by atoms with van der Waals surface area (Å²) in [7, 11) is -3.27. The number of ether oxygens (including phenoxy) is 1. The van der Waals surface area contributed by atoms with E-state index in [0.29, 0.717) is 38.1 Å². The summed E-state index contributed by atoms with van der Waals surface area (Å²) in [6.07, 6.45) is 0.165. The van der Waals surface area contributed by atoms with Crippen LogP contribution in [0.15, 0.2) is 24.3 Å². The maximum Gasteiger partial charge on any atom is 0.407 e. The van der Waals surface area contributed by atoms with Gasteiger partial charge in [-0.25, -0.2) is 4.79 Å². The summed E-state index contributed by atoms with van der Waals surface area (Å²) in [5.74, 6) is 0. The smallest absolute Gasteiger partial charge is 0.407 e. The quantitative estimate of drug-likeness (QED) is 0.705. The van der Waals surface area contributed by atoms with E-state index in [2.05, 4.69) is 5.32 Å².